The summed E-state index contributed by atoms with van der Waals surface area (Å²) in [5, 5.41) is 30.2. The van der Waals surface area contributed by atoms with Crippen molar-refractivity contribution in [3.63, 3.8) is 0 Å². The third-order valence-electron chi connectivity index (χ3n) is 6.56. The zero-order valence-electron chi connectivity index (χ0n) is 23.3. The van der Waals surface area contributed by atoms with Gasteiger partial charge >= 0.3 is 5.91 Å². The number of nitrogens with zero attached hydrogens (tertiary/aromatic N) is 3. The van der Waals surface area contributed by atoms with E-state index in [0.717, 1.165) is 17.8 Å². The molecular formula is C31H28FN3O6S2. The highest BCUT2D eigenvalue weighted by Gasteiger charge is 2.48. The van der Waals surface area contributed by atoms with E-state index in [-0.39, 0.29) is 46.1 Å². The number of aromatic hydroxyl groups is 1. The van der Waals surface area contributed by atoms with Gasteiger partial charge in [-0.15, -0.1) is 10.2 Å². The molecule has 43 heavy (non-hydrogen) atoms. The zero-order valence-corrected chi connectivity index (χ0v) is 25.0. The number of amides is 1. The molecule has 0 radical (unpaired) electrons. The predicted octanol–water partition coefficient (Wildman–Crippen LogP) is 6.49. The van der Waals surface area contributed by atoms with Gasteiger partial charge in [-0.2, -0.15) is 0 Å². The number of rotatable bonds is 11. The van der Waals surface area contributed by atoms with Crippen LogP contribution in [0.4, 0.5) is 9.52 Å². The molecule has 1 atom stereocenters. The van der Waals surface area contributed by atoms with Gasteiger partial charge in [-0.3, -0.25) is 14.5 Å². The first-order valence-electron chi connectivity index (χ1n) is 13.5. The second-order valence-electron chi connectivity index (χ2n) is 9.43. The Balaban J connectivity index is 1.55. The summed E-state index contributed by atoms with van der Waals surface area (Å²) in [5.74, 6) is -1.60. The number of Topliss-reactive ketones (excluding diaryl/α,β-unsaturated/α-hetero) is 1. The van der Waals surface area contributed by atoms with Gasteiger partial charge in [0.1, 0.15) is 17.3 Å². The summed E-state index contributed by atoms with van der Waals surface area (Å²) in [6.07, 6.45) is 0.830. The molecule has 0 saturated carbocycles. The van der Waals surface area contributed by atoms with Crippen molar-refractivity contribution in [2.75, 3.05) is 18.1 Å². The minimum absolute atomic E-state index is 0.118. The summed E-state index contributed by atoms with van der Waals surface area (Å²) in [4.78, 5) is 28.2. The number of carbonyl (C=O) groups is 2. The van der Waals surface area contributed by atoms with E-state index in [1.807, 2.05) is 6.92 Å². The van der Waals surface area contributed by atoms with Crippen molar-refractivity contribution in [2.24, 2.45) is 0 Å². The summed E-state index contributed by atoms with van der Waals surface area (Å²) in [6, 6.07) is 16.3. The van der Waals surface area contributed by atoms with Crippen molar-refractivity contribution in [3.8, 4) is 17.2 Å². The van der Waals surface area contributed by atoms with Crippen LogP contribution in [0.1, 0.15) is 43.0 Å². The second kappa shape index (κ2) is 13.3. The zero-order chi connectivity index (χ0) is 30.5. The molecule has 0 spiro atoms. The summed E-state index contributed by atoms with van der Waals surface area (Å²) >= 11 is 2.31. The number of carbonyl (C=O) groups excluding carboxylic acids is 2. The van der Waals surface area contributed by atoms with Crippen LogP contribution in [0.2, 0.25) is 0 Å². The highest BCUT2D eigenvalue weighted by molar-refractivity contribution is 8.00. The van der Waals surface area contributed by atoms with E-state index in [9.17, 15) is 24.2 Å². The highest BCUT2D eigenvalue weighted by atomic mass is 32.2. The fourth-order valence-electron chi connectivity index (χ4n) is 4.51. The van der Waals surface area contributed by atoms with Gasteiger partial charge in [-0.25, -0.2) is 4.39 Å². The number of aromatic nitrogens is 2. The first-order chi connectivity index (χ1) is 20.8. The largest absolute Gasteiger partial charge is 0.507 e. The van der Waals surface area contributed by atoms with Crippen molar-refractivity contribution >= 4 is 45.7 Å². The van der Waals surface area contributed by atoms with Crippen LogP contribution >= 0.6 is 23.1 Å². The summed E-state index contributed by atoms with van der Waals surface area (Å²) < 4.78 is 25.8. The number of ether oxygens (including phenoxy) is 2. The molecule has 3 aromatic carbocycles. The molecule has 1 unspecified atom stereocenters. The lowest BCUT2D eigenvalue weighted by atomic mass is 9.95. The molecule has 0 bridgehead atoms. The molecule has 5 rings (SSSR count). The van der Waals surface area contributed by atoms with Crippen LogP contribution in [0, 0.1) is 5.82 Å². The summed E-state index contributed by atoms with van der Waals surface area (Å²) in [5.41, 5.74) is 1.05. The van der Waals surface area contributed by atoms with Crippen LogP contribution < -0.4 is 14.4 Å². The molecule has 1 fully saturated rings. The molecular weight excluding hydrogens is 593 g/mol. The maximum atomic E-state index is 14.1. The molecule has 12 heteroatoms. The molecule has 1 aromatic heterocycles. The smallest absolute Gasteiger partial charge is 0.301 e. The fourth-order valence-corrected chi connectivity index (χ4v) is 6.37. The standard InChI is InChI=1S/C31H28FN3O6S2/c1-3-15-41-21-12-9-18(10-13-21)27(37)25-26(19-11-14-23(36)24(16-19)40-4-2)35(29(39)28(25)38)30-33-34-31(43-30)42-17-20-7-5-6-8-22(20)32/h5-14,16,26,36-37H,3-4,15,17H2,1-2H3/b27-25-. The number of halogens is 1. The van der Waals surface area contributed by atoms with Gasteiger partial charge in [0.05, 0.1) is 24.8 Å². The van der Waals surface area contributed by atoms with Gasteiger partial charge < -0.3 is 19.7 Å². The first kappa shape index (κ1) is 30.1. The second-order valence-corrected chi connectivity index (χ2v) is 11.6. The fraction of sp³-hybridized carbons (Fsp3) is 0.226. The Bertz CT molecular complexity index is 1670. The number of thioether (sulfide) groups is 1. The van der Waals surface area contributed by atoms with E-state index in [1.54, 1.807) is 55.5 Å². The Hall–Kier alpha value is -4.42. The molecule has 0 aliphatic carbocycles. The van der Waals surface area contributed by atoms with Gasteiger partial charge in [0.15, 0.2) is 15.8 Å². The molecule has 1 aliphatic rings. The number of benzene rings is 3. The molecule has 2 heterocycles. The van der Waals surface area contributed by atoms with Crippen molar-refractivity contribution in [1.29, 1.82) is 0 Å². The Kier molecular flexibility index (Phi) is 9.27. The number of ketones is 1. The maximum Gasteiger partial charge on any atom is 0.301 e. The molecule has 1 amide bonds. The highest BCUT2D eigenvalue weighted by Crippen LogP contribution is 2.45. The first-order valence-corrected chi connectivity index (χ1v) is 15.3. The number of phenols is 1. The Labute approximate surface area is 255 Å². The molecule has 222 valence electrons. The van der Waals surface area contributed by atoms with Gasteiger partial charge in [-0.1, -0.05) is 54.3 Å². The lowest BCUT2D eigenvalue weighted by molar-refractivity contribution is -0.132. The van der Waals surface area contributed by atoms with E-state index < -0.39 is 17.7 Å². The van der Waals surface area contributed by atoms with Crippen LogP contribution in [0.5, 0.6) is 17.2 Å². The normalized spacial score (nSPS) is 16.1. The molecule has 4 aromatic rings. The number of hydrogen-bond acceptors (Lipinski definition) is 10. The molecule has 9 nitrogen and oxygen atoms in total. The maximum absolute atomic E-state index is 14.1. The predicted molar refractivity (Wildman–Crippen MR) is 162 cm³/mol. The molecule has 1 aliphatic heterocycles. The summed E-state index contributed by atoms with van der Waals surface area (Å²) in [6.45, 7) is 4.54. The quantitative estimate of drug-likeness (QED) is 0.0636. The van der Waals surface area contributed by atoms with Crippen molar-refractivity contribution in [1.82, 2.24) is 10.2 Å². The molecule has 2 N–H and O–H groups in total. The lowest BCUT2D eigenvalue weighted by Crippen LogP contribution is -2.29. The van der Waals surface area contributed by atoms with E-state index >= 15 is 0 Å². The van der Waals surface area contributed by atoms with Crippen molar-refractivity contribution in [2.45, 2.75) is 36.4 Å². The number of phenolic OH excluding ortho intramolecular Hbond substituents is 1. The monoisotopic (exact) mass is 621 g/mol. The average Bonchev–Trinajstić information content (AvgIpc) is 3.58. The van der Waals surface area contributed by atoms with Gasteiger partial charge in [0, 0.05) is 11.3 Å². The lowest BCUT2D eigenvalue weighted by Gasteiger charge is -2.23. The van der Waals surface area contributed by atoms with Crippen molar-refractivity contribution < 1.29 is 33.7 Å². The van der Waals surface area contributed by atoms with Crippen LogP contribution in [0.25, 0.3) is 5.76 Å². The van der Waals surface area contributed by atoms with Gasteiger partial charge in [-0.05, 0) is 66.9 Å². The van der Waals surface area contributed by atoms with E-state index in [4.69, 9.17) is 9.47 Å². The SMILES string of the molecule is CCCOc1ccc(/C(O)=C2/C(=O)C(=O)N(c3nnc(SCc4ccccc4F)s3)C2c2ccc(O)c(OCC)c2)cc1. The van der Waals surface area contributed by atoms with E-state index in [1.165, 1.54) is 34.9 Å². The van der Waals surface area contributed by atoms with Crippen molar-refractivity contribution in [3.05, 3.63) is 94.8 Å². The number of hydrogen-bond donors (Lipinski definition) is 2. The Morgan fingerprint density at radius 1 is 1.05 bits per heavy atom. The minimum Gasteiger partial charge on any atom is -0.507 e. The number of aliphatic hydroxyl groups is 1. The van der Waals surface area contributed by atoms with Crippen LogP contribution in [-0.4, -0.2) is 45.3 Å². The molecule has 1 saturated heterocycles. The van der Waals surface area contributed by atoms with Gasteiger partial charge in [0.25, 0.3) is 5.78 Å². The Morgan fingerprint density at radius 2 is 1.81 bits per heavy atom. The van der Waals surface area contributed by atoms with Crippen LogP contribution in [0.15, 0.2) is 76.6 Å². The minimum atomic E-state index is -1.10. The Morgan fingerprint density at radius 3 is 2.53 bits per heavy atom. The third kappa shape index (κ3) is 6.35. The van der Waals surface area contributed by atoms with Crippen LogP contribution in [0.3, 0.4) is 0 Å². The number of aliphatic hydroxyl groups excluding tert-OH is 1. The topological polar surface area (TPSA) is 122 Å². The van der Waals surface area contributed by atoms with E-state index in [0.29, 0.717) is 33.4 Å². The average molecular weight is 622 g/mol. The van der Waals surface area contributed by atoms with Gasteiger partial charge in [0.2, 0.25) is 5.13 Å². The number of anilines is 1. The third-order valence-corrected chi connectivity index (χ3v) is 8.66. The van der Waals surface area contributed by atoms with Crippen LogP contribution in [-0.2, 0) is 15.3 Å². The summed E-state index contributed by atoms with van der Waals surface area (Å²) in [7, 11) is 0. The van der Waals surface area contributed by atoms with E-state index in [2.05, 4.69) is 10.2 Å².